The first-order valence-corrected chi connectivity index (χ1v) is 5.09. The molecule has 0 aromatic carbocycles. The molecule has 1 aromatic rings. The van der Waals surface area contributed by atoms with Crippen molar-refractivity contribution >= 4 is 17.4 Å². The van der Waals surface area contributed by atoms with Crippen LogP contribution in [0.2, 0.25) is 0 Å². The third-order valence-electron chi connectivity index (χ3n) is 2.53. The summed E-state index contributed by atoms with van der Waals surface area (Å²) in [5.41, 5.74) is 11.9. The summed E-state index contributed by atoms with van der Waals surface area (Å²) in [4.78, 5) is 15.2. The molecule has 1 aromatic heterocycles. The SMILES string of the molecule is Cc1cc(NCC(C)(C)C(N)=O)ncc1N. The fourth-order valence-electron chi connectivity index (χ4n) is 1.06. The Kier molecular flexibility index (Phi) is 3.37. The molecule has 5 nitrogen and oxygen atoms in total. The Morgan fingerprint density at radius 1 is 1.56 bits per heavy atom. The molecule has 0 spiro atoms. The molecule has 0 saturated carbocycles. The molecule has 16 heavy (non-hydrogen) atoms. The monoisotopic (exact) mass is 222 g/mol. The van der Waals surface area contributed by atoms with Gasteiger partial charge in [-0.15, -0.1) is 0 Å². The van der Waals surface area contributed by atoms with E-state index in [1.807, 2.05) is 13.0 Å². The molecule has 5 heteroatoms. The third-order valence-corrected chi connectivity index (χ3v) is 2.53. The summed E-state index contributed by atoms with van der Waals surface area (Å²) in [6.07, 6.45) is 1.59. The Morgan fingerprint density at radius 2 is 2.19 bits per heavy atom. The molecule has 0 aliphatic heterocycles. The van der Waals surface area contributed by atoms with Crippen LogP contribution in [0.4, 0.5) is 11.5 Å². The second-order valence-electron chi connectivity index (χ2n) is 4.53. The number of nitrogens with one attached hydrogen (secondary N) is 1. The number of carbonyl (C=O) groups is 1. The fraction of sp³-hybridized carbons (Fsp3) is 0.455. The molecule has 1 amide bonds. The van der Waals surface area contributed by atoms with E-state index >= 15 is 0 Å². The Morgan fingerprint density at radius 3 is 2.69 bits per heavy atom. The topological polar surface area (TPSA) is 94.0 Å². The summed E-state index contributed by atoms with van der Waals surface area (Å²) in [5, 5.41) is 3.07. The van der Waals surface area contributed by atoms with Gasteiger partial charge in [-0.25, -0.2) is 4.98 Å². The summed E-state index contributed by atoms with van der Waals surface area (Å²) in [6, 6.07) is 1.84. The van der Waals surface area contributed by atoms with E-state index < -0.39 is 5.41 Å². The van der Waals surface area contributed by atoms with Crippen molar-refractivity contribution in [2.24, 2.45) is 11.1 Å². The summed E-state index contributed by atoms with van der Waals surface area (Å²) >= 11 is 0. The van der Waals surface area contributed by atoms with Crippen molar-refractivity contribution in [3.63, 3.8) is 0 Å². The minimum Gasteiger partial charge on any atom is -0.397 e. The van der Waals surface area contributed by atoms with Crippen molar-refractivity contribution in [1.29, 1.82) is 0 Å². The van der Waals surface area contributed by atoms with Crippen LogP contribution in [0.3, 0.4) is 0 Å². The van der Waals surface area contributed by atoms with Gasteiger partial charge < -0.3 is 16.8 Å². The molecule has 1 heterocycles. The van der Waals surface area contributed by atoms with Crippen LogP contribution in [-0.2, 0) is 4.79 Å². The van der Waals surface area contributed by atoms with Crippen LogP contribution in [-0.4, -0.2) is 17.4 Å². The number of pyridine rings is 1. The molecular weight excluding hydrogens is 204 g/mol. The largest absolute Gasteiger partial charge is 0.397 e. The molecule has 0 fully saturated rings. The van der Waals surface area contributed by atoms with Gasteiger partial charge in [0, 0.05) is 6.54 Å². The maximum atomic E-state index is 11.1. The molecule has 0 atom stereocenters. The number of aromatic nitrogens is 1. The summed E-state index contributed by atoms with van der Waals surface area (Å²) < 4.78 is 0. The number of nitrogens with zero attached hydrogens (tertiary/aromatic N) is 1. The quantitative estimate of drug-likeness (QED) is 0.705. The predicted octanol–water partition coefficient (Wildman–Crippen LogP) is 0.896. The minimum atomic E-state index is -0.600. The molecule has 0 unspecified atom stereocenters. The van der Waals surface area contributed by atoms with Gasteiger partial charge in [0.2, 0.25) is 5.91 Å². The first kappa shape index (κ1) is 12.3. The van der Waals surface area contributed by atoms with Crippen molar-refractivity contribution in [2.45, 2.75) is 20.8 Å². The number of anilines is 2. The van der Waals surface area contributed by atoms with Gasteiger partial charge in [0.1, 0.15) is 5.82 Å². The number of hydrogen-bond acceptors (Lipinski definition) is 4. The number of aryl methyl sites for hydroxylation is 1. The second kappa shape index (κ2) is 4.38. The maximum absolute atomic E-state index is 11.1. The van der Waals surface area contributed by atoms with E-state index in [0.717, 1.165) is 5.56 Å². The number of rotatable bonds is 4. The normalized spacial score (nSPS) is 11.2. The highest BCUT2D eigenvalue weighted by atomic mass is 16.1. The fourth-order valence-corrected chi connectivity index (χ4v) is 1.06. The number of nitrogen functional groups attached to an aromatic ring is 1. The van der Waals surface area contributed by atoms with Crippen molar-refractivity contribution in [3.8, 4) is 0 Å². The van der Waals surface area contributed by atoms with E-state index in [-0.39, 0.29) is 5.91 Å². The Hall–Kier alpha value is -1.78. The Labute approximate surface area is 95.2 Å². The number of carbonyl (C=O) groups excluding carboxylic acids is 1. The van der Waals surface area contributed by atoms with Gasteiger partial charge >= 0.3 is 0 Å². The summed E-state index contributed by atoms with van der Waals surface area (Å²) in [6.45, 7) is 5.92. The highest BCUT2D eigenvalue weighted by molar-refractivity contribution is 5.80. The maximum Gasteiger partial charge on any atom is 0.224 e. The smallest absolute Gasteiger partial charge is 0.224 e. The first-order chi connectivity index (χ1) is 7.33. The van der Waals surface area contributed by atoms with Crippen LogP contribution in [0, 0.1) is 12.3 Å². The van der Waals surface area contributed by atoms with Crippen LogP contribution in [0.15, 0.2) is 12.3 Å². The minimum absolute atomic E-state index is 0.341. The van der Waals surface area contributed by atoms with E-state index in [9.17, 15) is 4.79 Å². The average Bonchev–Trinajstić information content (AvgIpc) is 2.20. The van der Waals surface area contributed by atoms with Gasteiger partial charge in [-0.3, -0.25) is 4.79 Å². The molecule has 0 bridgehead atoms. The molecule has 0 radical (unpaired) electrons. The standard InChI is InChI=1S/C11H18N4O/c1-7-4-9(14-5-8(7)12)15-6-11(2,3)10(13)16/h4-5H,6,12H2,1-3H3,(H2,13,16)(H,14,15). The molecule has 0 saturated heterocycles. The molecule has 0 aliphatic carbocycles. The van der Waals surface area contributed by atoms with Crippen LogP contribution in [0.1, 0.15) is 19.4 Å². The van der Waals surface area contributed by atoms with E-state index in [4.69, 9.17) is 11.5 Å². The number of nitrogens with two attached hydrogens (primary N) is 2. The van der Waals surface area contributed by atoms with E-state index in [0.29, 0.717) is 18.1 Å². The van der Waals surface area contributed by atoms with E-state index in [1.165, 1.54) is 0 Å². The van der Waals surface area contributed by atoms with Crippen LogP contribution < -0.4 is 16.8 Å². The van der Waals surface area contributed by atoms with Crippen molar-refractivity contribution in [3.05, 3.63) is 17.8 Å². The predicted molar refractivity (Wildman–Crippen MR) is 64.9 cm³/mol. The van der Waals surface area contributed by atoms with Crippen LogP contribution in [0.25, 0.3) is 0 Å². The lowest BCUT2D eigenvalue weighted by Gasteiger charge is -2.21. The molecule has 88 valence electrons. The van der Waals surface area contributed by atoms with Crippen LogP contribution >= 0.6 is 0 Å². The number of amides is 1. The first-order valence-electron chi connectivity index (χ1n) is 5.09. The summed E-state index contributed by atoms with van der Waals surface area (Å²) in [7, 11) is 0. The van der Waals surface area contributed by atoms with Gasteiger partial charge in [0.15, 0.2) is 0 Å². The number of primary amides is 1. The van der Waals surface area contributed by atoms with Gasteiger partial charge in [0.25, 0.3) is 0 Å². The summed E-state index contributed by atoms with van der Waals surface area (Å²) in [5.74, 6) is 0.355. The molecular formula is C11H18N4O. The lowest BCUT2D eigenvalue weighted by Crippen LogP contribution is -2.37. The van der Waals surface area contributed by atoms with Gasteiger partial charge in [-0.05, 0) is 32.4 Å². The zero-order chi connectivity index (χ0) is 12.3. The molecule has 0 aliphatic rings. The van der Waals surface area contributed by atoms with Crippen molar-refractivity contribution in [1.82, 2.24) is 4.98 Å². The van der Waals surface area contributed by atoms with Crippen LogP contribution in [0.5, 0.6) is 0 Å². The molecule has 1 rings (SSSR count). The highest BCUT2D eigenvalue weighted by Crippen LogP contribution is 2.17. The lowest BCUT2D eigenvalue weighted by atomic mass is 9.93. The van der Waals surface area contributed by atoms with Gasteiger partial charge in [0.05, 0.1) is 17.3 Å². The highest BCUT2D eigenvalue weighted by Gasteiger charge is 2.24. The van der Waals surface area contributed by atoms with Crippen molar-refractivity contribution < 1.29 is 4.79 Å². The average molecular weight is 222 g/mol. The number of hydrogen-bond donors (Lipinski definition) is 3. The van der Waals surface area contributed by atoms with E-state index in [2.05, 4.69) is 10.3 Å². The third kappa shape index (κ3) is 2.85. The lowest BCUT2D eigenvalue weighted by molar-refractivity contribution is -0.125. The van der Waals surface area contributed by atoms with Gasteiger partial charge in [-0.2, -0.15) is 0 Å². The van der Waals surface area contributed by atoms with E-state index in [1.54, 1.807) is 20.0 Å². The zero-order valence-corrected chi connectivity index (χ0v) is 9.87. The zero-order valence-electron chi connectivity index (χ0n) is 9.87. The second-order valence-corrected chi connectivity index (χ2v) is 4.53. The Balaban J connectivity index is 2.68. The van der Waals surface area contributed by atoms with Gasteiger partial charge in [-0.1, -0.05) is 0 Å². The Bertz CT molecular complexity index is 401. The van der Waals surface area contributed by atoms with Crippen molar-refractivity contribution in [2.75, 3.05) is 17.6 Å². The molecule has 5 N–H and O–H groups in total.